The maximum atomic E-state index is 12.9. The predicted octanol–water partition coefficient (Wildman–Crippen LogP) is 2.41. The number of piperidine rings is 1. The van der Waals surface area contributed by atoms with Crippen molar-refractivity contribution >= 4 is 5.91 Å². The molecule has 154 valence electrons. The van der Waals surface area contributed by atoms with Gasteiger partial charge in [0.15, 0.2) is 0 Å². The molecule has 6 nitrogen and oxygen atoms in total. The van der Waals surface area contributed by atoms with Crippen molar-refractivity contribution in [2.24, 2.45) is 5.92 Å². The second-order valence-corrected chi connectivity index (χ2v) is 9.05. The van der Waals surface area contributed by atoms with Crippen LogP contribution >= 0.6 is 0 Å². The summed E-state index contributed by atoms with van der Waals surface area (Å²) in [6, 6.07) is 2.20. The summed E-state index contributed by atoms with van der Waals surface area (Å²) in [5, 5.41) is 0. The van der Waals surface area contributed by atoms with Crippen LogP contribution in [0.3, 0.4) is 0 Å². The maximum absolute atomic E-state index is 12.9. The van der Waals surface area contributed by atoms with Gasteiger partial charge in [0, 0.05) is 44.1 Å². The van der Waals surface area contributed by atoms with Crippen molar-refractivity contribution in [3.05, 3.63) is 27.9 Å². The highest BCUT2D eigenvalue weighted by atomic mass is 16.2. The standard InChI is InChI=1S/C22H34N4O2/c1-16-7-6-10-24(17(16)2)15-22(28)25-12-9-18(14-25)19-13-21(27)26-11-5-3-4-8-20(26)23-19/h13,16-18H,3-12,14-15H2,1-2H3/t16-,17+,18-/m1/s1. The van der Waals surface area contributed by atoms with Crippen molar-refractivity contribution in [1.82, 2.24) is 19.4 Å². The Bertz CT molecular complexity index is 774. The first-order valence-corrected chi connectivity index (χ1v) is 11.2. The van der Waals surface area contributed by atoms with Crippen LogP contribution in [0.4, 0.5) is 0 Å². The van der Waals surface area contributed by atoms with Gasteiger partial charge in [0.2, 0.25) is 5.91 Å². The summed E-state index contributed by atoms with van der Waals surface area (Å²) < 4.78 is 1.85. The Labute approximate surface area is 167 Å². The van der Waals surface area contributed by atoms with Crippen molar-refractivity contribution in [2.75, 3.05) is 26.2 Å². The SMILES string of the molecule is C[C@@H]1CCCN(CC(=O)N2CC[C@@H](c3cc(=O)n4c(n3)CCCCC4)C2)[C@H]1C. The first-order valence-electron chi connectivity index (χ1n) is 11.2. The quantitative estimate of drug-likeness (QED) is 0.800. The Hall–Kier alpha value is -1.69. The van der Waals surface area contributed by atoms with E-state index in [2.05, 4.69) is 18.7 Å². The lowest BCUT2D eigenvalue weighted by molar-refractivity contribution is -0.132. The molecule has 0 unspecified atom stereocenters. The minimum absolute atomic E-state index is 0.0859. The second kappa shape index (κ2) is 8.36. The van der Waals surface area contributed by atoms with Crippen LogP contribution in [0.5, 0.6) is 0 Å². The minimum atomic E-state index is 0.0859. The van der Waals surface area contributed by atoms with Crippen LogP contribution in [0.1, 0.15) is 69.8 Å². The Kier molecular flexibility index (Phi) is 5.85. The molecule has 3 atom stereocenters. The van der Waals surface area contributed by atoms with E-state index in [0.717, 1.165) is 63.3 Å². The first kappa shape index (κ1) is 19.6. The summed E-state index contributed by atoms with van der Waals surface area (Å²) in [6.45, 7) is 8.36. The molecule has 28 heavy (non-hydrogen) atoms. The third-order valence-electron chi connectivity index (χ3n) is 7.19. The fourth-order valence-electron chi connectivity index (χ4n) is 5.09. The zero-order chi connectivity index (χ0) is 19.7. The van der Waals surface area contributed by atoms with Crippen molar-refractivity contribution in [3.8, 4) is 0 Å². The number of nitrogens with zero attached hydrogens (tertiary/aromatic N) is 4. The van der Waals surface area contributed by atoms with Crippen molar-refractivity contribution in [1.29, 1.82) is 0 Å². The van der Waals surface area contributed by atoms with E-state index < -0.39 is 0 Å². The highest BCUT2D eigenvalue weighted by molar-refractivity contribution is 5.78. The largest absolute Gasteiger partial charge is 0.341 e. The lowest BCUT2D eigenvalue weighted by Crippen LogP contribution is -2.48. The lowest BCUT2D eigenvalue weighted by Gasteiger charge is -2.38. The van der Waals surface area contributed by atoms with Gasteiger partial charge in [-0.15, -0.1) is 0 Å². The molecule has 3 aliphatic rings. The average molecular weight is 387 g/mol. The van der Waals surface area contributed by atoms with Gasteiger partial charge >= 0.3 is 0 Å². The van der Waals surface area contributed by atoms with Gasteiger partial charge in [0.1, 0.15) is 5.82 Å². The monoisotopic (exact) mass is 386 g/mol. The van der Waals surface area contributed by atoms with E-state index in [9.17, 15) is 9.59 Å². The second-order valence-electron chi connectivity index (χ2n) is 9.05. The van der Waals surface area contributed by atoms with Crippen LogP contribution in [0.25, 0.3) is 0 Å². The van der Waals surface area contributed by atoms with E-state index in [1.807, 2.05) is 9.47 Å². The Balaban J connectivity index is 1.41. The summed E-state index contributed by atoms with van der Waals surface area (Å²) in [4.78, 5) is 34.7. The number of carbonyl (C=O) groups is 1. The molecule has 6 heteroatoms. The summed E-state index contributed by atoms with van der Waals surface area (Å²) >= 11 is 0. The number of likely N-dealkylation sites (tertiary alicyclic amines) is 2. The summed E-state index contributed by atoms with van der Waals surface area (Å²) in [5.41, 5.74) is 0.983. The average Bonchev–Trinajstić information content (AvgIpc) is 3.05. The Morgan fingerprint density at radius 3 is 2.82 bits per heavy atom. The molecule has 0 N–H and O–H groups in total. The summed E-state index contributed by atoms with van der Waals surface area (Å²) in [6.07, 6.45) is 7.58. The van der Waals surface area contributed by atoms with Crippen molar-refractivity contribution < 1.29 is 4.79 Å². The molecular weight excluding hydrogens is 352 g/mol. The van der Waals surface area contributed by atoms with Gasteiger partial charge in [0.25, 0.3) is 5.56 Å². The molecule has 2 saturated heterocycles. The van der Waals surface area contributed by atoms with Crippen LogP contribution in [0.15, 0.2) is 10.9 Å². The van der Waals surface area contributed by atoms with E-state index in [1.54, 1.807) is 6.07 Å². The molecule has 1 aromatic rings. The van der Waals surface area contributed by atoms with E-state index in [4.69, 9.17) is 4.98 Å². The number of carbonyl (C=O) groups excluding carboxylic acids is 1. The van der Waals surface area contributed by atoms with Crippen LogP contribution in [-0.2, 0) is 17.8 Å². The maximum Gasteiger partial charge on any atom is 0.253 e. The number of rotatable bonds is 3. The van der Waals surface area contributed by atoms with Crippen LogP contribution in [0, 0.1) is 5.92 Å². The molecule has 3 aliphatic heterocycles. The smallest absolute Gasteiger partial charge is 0.253 e. The van der Waals surface area contributed by atoms with E-state index in [1.165, 1.54) is 12.8 Å². The third kappa shape index (κ3) is 4.02. The number of fused-ring (bicyclic) bond motifs is 1. The molecule has 2 fully saturated rings. The number of hydrogen-bond donors (Lipinski definition) is 0. The predicted molar refractivity (Wildman–Crippen MR) is 109 cm³/mol. The molecule has 4 rings (SSSR count). The lowest BCUT2D eigenvalue weighted by atomic mass is 9.92. The molecule has 4 heterocycles. The first-order chi connectivity index (χ1) is 13.5. The Morgan fingerprint density at radius 1 is 1.11 bits per heavy atom. The van der Waals surface area contributed by atoms with Gasteiger partial charge in [-0.25, -0.2) is 4.98 Å². The molecule has 0 spiro atoms. The molecule has 1 aromatic heterocycles. The molecule has 0 bridgehead atoms. The van der Waals surface area contributed by atoms with Crippen LogP contribution in [0.2, 0.25) is 0 Å². The topological polar surface area (TPSA) is 58.4 Å². The molecule has 0 saturated carbocycles. The van der Waals surface area contributed by atoms with Gasteiger partial charge < -0.3 is 4.90 Å². The molecule has 1 amide bonds. The number of hydrogen-bond acceptors (Lipinski definition) is 4. The van der Waals surface area contributed by atoms with Gasteiger partial charge in [-0.1, -0.05) is 13.3 Å². The van der Waals surface area contributed by atoms with Gasteiger partial charge in [0.05, 0.1) is 12.2 Å². The van der Waals surface area contributed by atoms with Gasteiger partial charge in [-0.3, -0.25) is 19.1 Å². The summed E-state index contributed by atoms with van der Waals surface area (Å²) in [7, 11) is 0. The highest BCUT2D eigenvalue weighted by Gasteiger charge is 2.32. The van der Waals surface area contributed by atoms with Gasteiger partial charge in [-0.2, -0.15) is 0 Å². The van der Waals surface area contributed by atoms with Crippen LogP contribution < -0.4 is 5.56 Å². The minimum Gasteiger partial charge on any atom is -0.341 e. The fraction of sp³-hybridized carbons (Fsp3) is 0.773. The molecule has 0 radical (unpaired) electrons. The Morgan fingerprint density at radius 2 is 1.96 bits per heavy atom. The number of amides is 1. The van der Waals surface area contributed by atoms with Gasteiger partial charge in [-0.05, 0) is 51.5 Å². The highest BCUT2D eigenvalue weighted by Crippen LogP contribution is 2.27. The van der Waals surface area contributed by atoms with Crippen molar-refractivity contribution in [3.63, 3.8) is 0 Å². The zero-order valence-corrected chi connectivity index (χ0v) is 17.4. The van der Waals surface area contributed by atoms with Crippen molar-refractivity contribution in [2.45, 2.75) is 77.3 Å². The zero-order valence-electron chi connectivity index (χ0n) is 17.4. The summed E-state index contributed by atoms with van der Waals surface area (Å²) in [5.74, 6) is 2.03. The third-order valence-corrected chi connectivity index (χ3v) is 7.19. The fourth-order valence-corrected chi connectivity index (χ4v) is 5.09. The van der Waals surface area contributed by atoms with E-state index in [-0.39, 0.29) is 17.4 Å². The van der Waals surface area contributed by atoms with E-state index >= 15 is 0 Å². The van der Waals surface area contributed by atoms with E-state index in [0.29, 0.717) is 25.0 Å². The number of aromatic nitrogens is 2. The molecular formula is C22H34N4O2. The normalized spacial score (nSPS) is 28.8. The molecule has 0 aromatic carbocycles. The number of aryl methyl sites for hydroxylation is 1. The molecule has 0 aliphatic carbocycles. The van der Waals surface area contributed by atoms with Crippen LogP contribution in [-0.4, -0.2) is 57.5 Å².